The maximum absolute atomic E-state index is 6.00. The molecule has 1 aliphatic heterocycles. The molecule has 1 aromatic heterocycles. The van der Waals surface area contributed by atoms with Gasteiger partial charge in [0.05, 0.1) is 12.2 Å². The molecule has 0 radical (unpaired) electrons. The van der Waals surface area contributed by atoms with Gasteiger partial charge in [-0.05, 0) is 20.3 Å². The molecule has 2 unspecified atom stereocenters. The van der Waals surface area contributed by atoms with Crippen LogP contribution in [0.15, 0.2) is 6.07 Å². The molecule has 5 heteroatoms. The topological polar surface area (TPSA) is 44.2 Å². The van der Waals surface area contributed by atoms with Crippen LogP contribution in [0.25, 0.3) is 0 Å². The number of aryl methyl sites for hydroxylation is 1. The van der Waals surface area contributed by atoms with Gasteiger partial charge in [0, 0.05) is 25.3 Å². The first-order valence-electron chi connectivity index (χ1n) is 6.92. The lowest BCUT2D eigenvalue weighted by molar-refractivity contribution is -0.0730. The molecule has 0 spiro atoms. The molecule has 0 aromatic carbocycles. The Bertz CT molecular complexity index is 418. The molecule has 19 heavy (non-hydrogen) atoms. The van der Waals surface area contributed by atoms with Gasteiger partial charge in [0.2, 0.25) is 5.88 Å². The number of halogens is 1. The summed E-state index contributed by atoms with van der Waals surface area (Å²) in [7, 11) is 0. The largest absolute Gasteiger partial charge is 0.474 e. The van der Waals surface area contributed by atoms with Crippen LogP contribution in [-0.4, -0.2) is 28.3 Å². The second kappa shape index (κ2) is 6.53. The summed E-state index contributed by atoms with van der Waals surface area (Å²) in [6.45, 7) is 6.23. The molecule has 0 N–H and O–H groups in total. The average Bonchev–Trinajstić information content (AvgIpc) is 2.26. The first-order chi connectivity index (χ1) is 9.06. The highest BCUT2D eigenvalue weighted by atomic mass is 35.5. The Morgan fingerprint density at radius 3 is 2.63 bits per heavy atom. The highest BCUT2D eigenvalue weighted by Gasteiger charge is 2.26. The van der Waals surface area contributed by atoms with Gasteiger partial charge in [-0.15, -0.1) is 0 Å². The van der Waals surface area contributed by atoms with Gasteiger partial charge in [0.1, 0.15) is 17.1 Å². The minimum atomic E-state index is 0.138. The van der Waals surface area contributed by atoms with E-state index in [9.17, 15) is 0 Å². The number of nitrogens with zero attached hydrogens (tertiary/aromatic N) is 2. The van der Waals surface area contributed by atoms with Crippen LogP contribution in [0.4, 0.5) is 0 Å². The number of ether oxygens (including phenoxy) is 2. The molecule has 1 saturated heterocycles. The van der Waals surface area contributed by atoms with Crippen LogP contribution >= 0.6 is 11.6 Å². The summed E-state index contributed by atoms with van der Waals surface area (Å²) in [6.07, 6.45) is 4.16. The van der Waals surface area contributed by atoms with Gasteiger partial charge in [-0.3, -0.25) is 0 Å². The standard InChI is InChI=1S/C14H21ClN2O2/c1-4-5-13-16-12(15)8-14(17-13)19-11-6-9(2)18-10(3)7-11/h8-11H,4-7H2,1-3H3. The van der Waals surface area contributed by atoms with Gasteiger partial charge >= 0.3 is 0 Å². The molecule has 0 saturated carbocycles. The van der Waals surface area contributed by atoms with Crippen LogP contribution in [0.3, 0.4) is 0 Å². The summed E-state index contributed by atoms with van der Waals surface area (Å²) in [6, 6.07) is 1.69. The molecule has 2 rings (SSSR count). The molecule has 2 atom stereocenters. The van der Waals surface area contributed by atoms with E-state index in [4.69, 9.17) is 21.1 Å². The van der Waals surface area contributed by atoms with Crippen molar-refractivity contribution < 1.29 is 9.47 Å². The highest BCUT2D eigenvalue weighted by molar-refractivity contribution is 6.29. The number of aromatic nitrogens is 2. The third-order valence-corrected chi connectivity index (χ3v) is 3.33. The fraction of sp³-hybridized carbons (Fsp3) is 0.714. The molecular weight excluding hydrogens is 264 g/mol. The molecule has 106 valence electrons. The van der Waals surface area contributed by atoms with E-state index in [0.29, 0.717) is 11.0 Å². The summed E-state index contributed by atoms with van der Waals surface area (Å²) in [5.74, 6) is 1.33. The first-order valence-corrected chi connectivity index (χ1v) is 7.30. The Labute approximate surface area is 119 Å². The fourth-order valence-corrected chi connectivity index (χ4v) is 2.64. The summed E-state index contributed by atoms with van der Waals surface area (Å²) in [5.41, 5.74) is 0. The van der Waals surface area contributed by atoms with Crippen molar-refractivity contribution in [1.82, 2.24) is 9.97 Å². The van der Waals surface area contributed by atoms with Crippen molar-refractivity contribution in [1.29, 1.82) is 0 Å². The Kier molecular flexibility index (Phi) is 4.99. The van der Waals surface area contributed by atoms with Crippen molar-refractivity contribution in [3.05, 3.63) is 17.0 Å². The van der Waals surface area contributed by atoms with Crippen LogP contribution in [0.1, 0.15) is 45.9 Å². The van der Waals surface area contributed by atoms with Gasteiger partial charge < -0.3 is 9.47 Å². The predicted molar refractivity (Wildman–Crippen MR) is 74.7 cm³/mol. The zero-order valence-corrected chi connectivity index (χ0v) is 12.5. The molecule has 1 aromatic rings. The van der Waals surface area contributed by atoms with E-state index >= 15 is 0 Å². The Hall–Kier alpha value is -0.870. The van der Waals surface area contributed by atoms with Gasteiger partial charge in [0.25, 0.3) is 0 Å². The fourth-order valence-electron chi connectivity index (χ4n) is 2.45. The monoisotopic (exact) mass is 284 g/mol. The first kappa shape index (κ1) is 14.5. The van der Waals surface area contributed by atoms with E-state index in [0.717, 1.165) is 31.5 Å². The smallest absolute Gasteiger partial charge is 0.218 e. The molecule has 0 bridgehead atoms. The molecule has 0 aliphatic carbocycles. The summed E-state index contributed by atoms with van der Waals surface area (Å²) < 4.78 is 11.6. The van der Waals surface area contributed by atoms with Crippen LogP contribution in [-0.2, 0) is 11.2 Å². The minimum Gasteiger partial charge on any atom is -0.474 e. The zero-order chi connectivity index (χ0) is 13.8. The molecule has 2 heterocycles. The van der Waals surface area contributed by atoms with Crippen LogP contribution < -0.4 is 4.74 Å². The average molecular weight is 285 g/mol. The molecule has 4 nitrogen and oxygen atoms in total. The van der Waals surface area contributed by atoms with Crippen molar-refractivity contribution in [2.75, 3.05) is 0 Å². The lowest BCUT2D eigenvalue weighted by Crippen LogP contribution is -2.35. The second-order valence-electron chi connectivity index (χ2n) is 5.16. The number of hydrogen-bond donors (Lipinski definition) is 0. The summed E-state index contributed by atoms with van der Waals surface area (Å²) in [4.78, 5) is 8.61. The van der Waals surface area contributed by atoms with Crippen molar-refractivity contribution >= 4 is 11.6 Å². The van der Waals surface area contributed by atoms with E-state index in [-0.39, 0.29) is 18.3 Å². The number of hydrogen-bond acceptors (Lipinski definition) is 4. The van der Waals surface area contributed by atoms with Gasteiger partial charge in [-0.2, -0.15) is 4.98 Å². The SMILES string of the molecule is CCCc1nc(Cl)cc(OC2CC(C)OC(C)C2)n1. The third kappa shape index (κ3) is 4.32. The van der Waals surface area contributed by atoms with E-state index in [2.05, 4.69) is 30.7 Å². The molecule has 1 aliphatic rings. The third-order valence-electron chi connectivity index (χ3n) is 3.13. The maximum Gasteiger partial charge on any atom is 0.218 e. The Morgan fingerprint density at radius 2 is 2.00 bits per heavy atom. The van der Waals surface area contributed by atoms with E-state index in [1.807, 2.05) is 0 Å². The maximum atomic E-state index is 6.00. The van der Waals surface area contributed by atoms with Crippen LogP contribution in [0.5, 0.6) is 5.88 Å². The lowest BCUT2D eigenvalue weighted by atomic mass is 10.0. The van der Waals surface area contributed by atoms with E-state index < -0.39 is 0 Å². The van der Waals surface area contributed by atoms with Gasteiger partial charge in [-0.25, -0.2) is 4.98 Å². The Morgan fingerprint density at radius 1 is 1.32 bits per heavy atom. The normalized spacial score (nSPS) is 27.3. The van der Waals surface area contributed by atoms with Crippen molar-refractivity contribution in [2.45, 2.75) is 64.8 Å². The summed E-state index contributed by atoms with van der Waals surface area (Å²) >= 11 is 6.00. The van der Waals surface area contributed by atoms with E-state index in [1.165, 1.54) is 0 Å². The molecule has 0 amide bonds. The second-order valence-corrected chi connectivity index (χ2v) is 5.55. The zero-order valence-electron chi connectivity index (χ0n) is 11.7. The van der Waals surface area contributed by atoms with Gasteiger partial charge in [-0.1, -0.05) is 18.5 Å². The predicted octanol–water partition coefficient (Wildman–Crippen LogP) is 3.42. The highest BCUT2D eigenvalue weighted by Crippen LogP contribution is 2.24. The minimum absolute atomic E-state index is 0.138. The molecular formula is C14H21ClN2O2. The van der Waals surface area contributed by atoms with Crippen molar-refractivity contribution in [3.8, 4) is 5.88 Å². The van der Waals surface area contributed by atoms with Crippen molar-refractivity contribution in [2.24, 2.45) is 0 Å². The quantitative estimate of drug-likeness (QED) is 0.795. The van der Waals surface area contributed by atoms with E-state index in [1.54, 1.807) is 6.07 Å². The summed E-state index contributed by atoms with van der Waals surface area (Å²) in [5, 5.41) is 0.446. The van der Waals surface area contributed by atoms with Crippen LogP contribution in [0.2, 0.25) is 5.15 Å². The van der Waals surface area contributed by atoms with Crippen molar-refractivity contribution in [3.63, 3.8) is 0 Å². The molecule has 1 fully saturated rings. The van der Waals surface area contributed by atoms with Gasteiger partial charge in [0.15, 0.2) is 0 Å². The Balaban J connectivity index is 2.05. The lowest BCUT2D eigenvalue weighted by Gasteiger charge is -2.31. The number of rotatable bonds is 4. The van der Waals surface area contributed by atoms with Crippen LogP contribution in [0, 0.1) is 0 Å².